The smallest absolute Gasteiger partial charge is 0.380 e. The number of aliphatic hydroxyl groups is 1. The van der Waals surface area contributed by atoms with Gasteiger partial charge in [-0.2, -0.15) is 4.98 Å². The van der Waals surface area contributed by atoms with Crippen molar-refractivity contribution in [3.05, 3.63) is 53.1 Å². The van der Waals surface area contributed by atoms with E-state index in [9.17, 15) is 23.7 Å². The highest BCUT2D eigenvalue weighted by Gasteiger charge is 2.63. The number of nitrogens with two attached hydrogens (primary N) is 1. The van der Waals surface area contributed by atoms with Crippen LogP contribution in [-0.4, -0.2) is 63.0 Å². The first-order valence-corrected chi connectivity index (χ1v) is 14.0. The summed E-state index contributed by atoms with van der Waals surface area (Å²) in [7, 11) is -4.26. The van der Waals surface area contributed by atoms with E-state index < -0.39 is 73.8 Å². The first-order chi connectivity index (χ1) is 18.1. The lowest BCUT2D eigenvalue weighted by Crippen LogP contribution is -2.51. The van der Waals surface area contributed by atoms with Crippen molar-refractivity contribution in [3.8, 4) is 5.75 Å². The second-order valence-corrected chi connectivity index (χ2v) is 12.2. The van der Waals surface area contributed by atoms with Gasteiger partial charge < -0.3 is 24.8 Å². The number of aliphatic hydroxyl groups excluding tert-OH is 1. The Morgan fingerprint density at radius 2 is 1.92 bits per heavy atom. The van der Waals surface area contributed by atoms with Gasteiger partial charge in [0.25, 0.3) is 0 Å². The molecule has 1 fully saturated rings. The summed E-state index contributed by atoms with van der Waals surface area (Å²) in [6.45, 7) is 5.76. The average Bonchev–Trinajstić information content (AvgIpc) is 3.10. The van der Waals surface area contributed by atoms with Crippen molar-refractivity contribution >= 4 is 19.4 Å². The summed E-state index contributed by atoms with van der Waals surface area (Å²) in [5.41, 5.74) is -0.426. The van der Waals surface area contributed by atoms with Crippen LogP contribution < -0.4 is 15.9 Å². The quantitative estimate of drug-likeness (QED) is 0.302. The number of hydrogen-bond acceptors (Lipinski definition) is 10. The van der Waals surface area contributed by atoms with Crippen LogP contribution in [0.5, 0.6) is 5.75 Å². The summed E-state index contributed by atoms with van der Waals surface area (Å²) < 4.78 is 67.2. The maximum Gasteiger partial charge on any atom is 0.380 e. The van der Waals surface area contributed by atoms with Crippen LogP contribution in [0.3, 0.4) is 0 Å². The molecule has 2 aromatic rings. The molecule has 0 bridgehead atoms. The number of para-hydroxylation sites is 1. The van der Waals surface area contributed by atoms with Crippen LogP contribution >= 0.6 is 7.60 Å². The highest BCUT2D eigenvalue weighted by Crippen LogP contribution is 2.56. The first-order valence-electron chi connectivity index (χ1n) is 12.3. The minimum Gasteiger partial charge on any atom is -0.463 e. The van der Waals surface area contributed by atoms with E-state index >= 15 is 4.39 Å². The van der Waals surface area contributed by atoms with Gasteiger partial charge in [0.05, 0.1) is 18.2 Å². The van der Waals surface area contributed by atoms with E-state index in [4.69, 9.17) is 24.3 Å². The number of halogens is 2. The summed E-state index contributed by atoms with van der Waals surface area (Å²) in [5, 5.41) is 10.9. The van der Waals surface area contributed by atoms with Gasteiger partial charge in [-0.15, -0.1) is 0 Å². The minimum absolute atomic E-state index is 0.149. The number of carbonyl (C=O) groups is 1. The number of hydrogen-bond donors (Lipinski definition) is 2. The number of rotatable bonds is 11. The molecule has 39 heavy (non-hydrogen) atoms. The van der Waals surface area contributed by atoms with Gasteiger partial charge in [-0.3, -0.25) is 13.9 Å². The second kappa shape index (κ2) is 11.7. The van der Waals surface area contributed by atoms with Crippen LogP contribution in [0.15, 0.2) is 47.4 Å². The minimum atomic E-state index is -4.26. The normalized spacial score (nSPS) is 25.7. The Bertz CT molecular complexity index is 1260. The molecule has 14 heteroatoms. The molecular formula is C25H34F2N3O8P. The molecule has 3 N–H and O–H groups in total. The molecule has 0 amide bonds. The van der Waals surface area contributed by atoms with Crippen molar-refractivity contribution in [1.82, 2.24) is 9.55 Å². The summed E-state index contributed by atoms with van der Waals surface area (Å²) in [4.78, 5) is 28.3. The number of carbonyl (C=O) groups excluding carboxylic acids is 1. The molecular weight excluding hydrogens is 539 g/mol. The molecule has 1 aromatic carbocycles. The Balaban J connectivity index is 1.95. The van der Waals surface area contributed by atoms with Gasteiger partial charge in [0.2, 0.25) is 5.67 Å². The molecule has 0 aliphatic carbocycles. The van der Waals surface area contributed by atoms with Crippen molar-refractivity contribution in [2.24, 2.45) is 5.92 Å². The fourth-order valence-corrected chi connectivity index (χ4v) is 6.49. The third-order valence-corrected chi connectivity index (χ3v) is 8.31. The Labute approximate surface area is 224 Å². The SMILES string of the molecule is CC(C)OC(=O)[C@H](C)CP(=O)(Oc1ccccc1)OC(C)(C)[C@H]1O[C@@H](n2ccc(N)nc2=O)C(F)(CF)[C@H]1O. The molecule has 0 saturated carbocycles. The number of aromatic nitrogens is 2. The average molecular weight is 574 g/mol. The largest absolute Gasteiger partial charge is 0.463 e. The zero-order valence-corrected chi connectivity index (χ0v) is 23.2. The number of alkyl halides is 2. The maximum absolute atomic E-state index is 15.9. The van der Waals surface area contributed by atoms with Gasteiger partial charge >= 0.3 is 19.3 Å². The molecule has 216 valence electrons. The zero-order valence-electron chi connectivity index (χ0n) is 22.3. The highest BCUT2D eigenvalue weighted by atomic mass is 31.2. The fraction of sp³-hybridized carbons (Fsp3) is 0.560. The number of ether oxygens (including phenoxy) is 2. The molecule has 1 aromatic heterocycles. The molecule has 2 unspecified atom stereocenters. The predicted octanol–water partition coefficient (Wildman–Crippen LogP) is 3.42. The van der Waals surface area contributed by atoms with E-state index in [1.807, 2.05) is 0 Å². The maximum atomic E-state index is 15.9. The summed E-state index contributed by atoms with van der Waals surface area (Å²) in [6.07, 6.45) is -5.54. The molecule has 1 aliphatic heterocycles. The van der Waals surface area contributed by atoms with Crippen LogP contribution in [0.4, 0.5) is 14.6 Å². The number of esters is 1. The van der Waals surface area contributed by atoms with E-state index in [0.29, 0.717) is 4.57 Å². The number of anilines is 1. The molecule has 2 heterocycles. The van der Waals surface area contributed by atoms with Gasteiger partial charge in [0.1, 0.15) is 36.1 Å². The summed E-state index contributed by atoms with van der Waals surface area (Å²) >= 11 is 0. The standard InChI is InChI=1S/C25H34F2N3O8P/c1-15(2)35-21(32)16(3)13-39(34,37-17-9-7-6-8-10-17)38-24(4,5)20-19(31)25(27,14-26)22(36-20)30-12-11-18(28)29-23(30)33/h6-12,15-16,19-20,22,31H,13-14H2,1-5H3,(H2,28,29,33)/t16-,19+,20+,22-,25?,39?/m1/s1. The molecule has 0 spiro atoms. The first kappa shape index (κ1) is 30.7. The Kier molecular flexibility index (Phi) is 9.21. The highest BCUT2D eigenvalue weighted by molar-refractivity contribution is 7.54. The monoisotopic (exact) mass is 573 g/mol. The molecule has 1 aliphatic rings. The molecule has 6 atom stereocenters. The van der Waals surface area contributed by atoms with Gasteiger partial charge in [-0.25, -0.2) is 18.1 Å². The zero-order chi connectivity index (χ0) is 29.2. The molecule has 1 saturated heterocycles. The van der Waals surface area contributed by atoms with Gasteiger partial charge in [-0.05, 0) is 45.9 Å². The van der Waals surface area contributed by atoms with E-state index in [2.05, 4.69) is 4.98 Å². The van der Waals surface area contributed by atoms with Crippen molar-refractivity contribution in [3.63, 3.8) is 0 Å². The van der Waals surface area contributed by atoms with Gasteiger partial charge in [0.15, 0.2) is 6.23 Å². The van der Waals surface area contributed by atoms with Crippen LogP contribution in [0.2, 0.25) is 0 Å². The lowest BCUT2D eigenvalue weighted by molar-refractivity contribution is -0.151. The number of benzene rings is 1. The Morgan fingerprint density at radius 1 is 1.28 bits per heavy atom. The van der Waals surface area contributed by atoms with Gasteiger partial charge in [-0.1, -0.05) is 25.1 Å². The Hall–Kier alpha value is -2.86. The lowest BCUT2D eigenvalue weighted by Gasteiger charge is -2.36. The van der Waals surface area contributed by atoms with Gasteiger partial charge in [0, 0.05) is 6.20 Å². The third kappa shape index (κ3) is 6.84. The Morgan fingerprint density at radius 3 is 2.49 bits per heavy atom. The van der Waals surface area contributed by atoms with Crippen LogP contribution in [-0.2, 0) is 23.4 Å². The second-order valence-electron chi connectivity index (χ2n) is 10.2. The number of nitrogen functional groups attached to an aromatic ring is 1. The molecule has 3 rings (SSSR count). The van der Waals surface area contributed by atoms with E-state index in [1.165, 1.54) is 39.0 Å². The summed E-state index contributed by atoms with van der Waals surface area (Å²) in [6, 6.07) is 9.20. The topological polar surface area (TPSA) is 152 Å². The fourth-order valence-electron chi connectivity index (χ4n) is 4.22. The van der Waals surface area contributed by atoms with Crippen molar-refractivity contribution in [2.75, 3.05) is 18.6 Å². The molecule has 0 radical (unpaired) electrons. The van der Waals surface area contributed by atoms with Crippen molar-refractivity contribution < 1.29 is 41.8 Å². The van der Waals surface area contributed by atoms with E-state index in [0.717, 1.165) is 6.20 Å². The van der Waals surface area contributed by atoms with Crippen LogP contribution in [0, 0.1) is 5.92 Å². The van der Waals surface area contributed by atoms with Crippen molar-refractivity contribution in [2.45, 2.75) is 70.4 Å². The number of nitrogens with zero attached hydrogens (tertiary/aromatic N) is 2. The third-order valence-electron chi connectivity index (χ3n) is 6.07. The van der Waals surface area contributed by atoms with Crippen LogP contribution in [0.25, 0.3) is 0 Å². The summed E-state index contributed by atoms with van der Waals surface area (Å²) in [5.74, 6) is -1.57. The van der Waals surface area contributed by atoms with Crippen LogP contribution in [0.1, 0.15) is 40.8 Å². The van der Waals surface area contributed by atoms with E-state index in [-0.39, 0.29) is 11.6 Å². The van der Waals surface area contributed by atoms with Crippen molar-refractivity contribution in [1.29, 1.82) is 0 Å². The lowest BCUT2D eigenvalue weighted by atomic mass is 9.89. The predicted molar refractivity (Wildman–Crippen MR) is 138 cm³/mol. The van der Waals surface area contributed by atoms with E-state index in [1.54, 1.807) is 32.0 Å². The molecule has 11 nitrogen and oxygen atoms in total.